The van der Waals surface area contributed by atoms with Crippen molar-refractivity contribution in [2.75, 3.05) is 5.32 Å². The molecule has 0 saturated carbocycles. The zero-order valence-electron chi connectivity index (χ0n) is 20.8. The molecule has 2 N–H and O–H groups in total. The molecule has 192 valence electrons. The first-order chi connectivity index (χ1) is 18.9. The van der Waals surface area contributed by atoms with Crippen LogP contribution >= 0.6 is 11.5 Å². The number of carbonyl (C=O) groups is 1. The normalized spacial score (nSPS) is 10.6. The molecular weight excluding hydrogens is 517 g/mol. The zero-order valence-corrected chi connectivity index (χ0v) is 21.6. The fraction of sp³-hybridized carbons (Fsp3) is 0.111. The molecule has 39 heavy (non-hydrogen) atoms. The predicted octanol–water partition coefficient (Wildman–Crippen LogP) is 4.75. The summed E-state index contributed by atoms with van der Waals surface area (Å²) in [4.78, 5) is 34.7. The molecule has 0 unspecified atom stereocenters. The molecule has 0 aromatic carbocycles. The third kappa shape index (κ3) is 6.06. The van der Waals surface area contributed by atoms with Gasteiger partial charge in [-0.1, -0.05) is 6.07 Å². The number of nitriles is 1. The van der Waals surface area contributed by atoms with E-state index < -0.39 is 5.95 Å². The molecule has 0 atom stereocenters. The van der Waals surface area contributed by atoms with E-state index in [1.165, 1.54) is 6.07 Å². The number of nitrogens with one attached hydrogen (secondary N) is 2. The fourth-order valence-corrected chi connectivity index (χ4v) is 4.20. The average Bonchev–Trinajstić information content (AvgIpc) is 3.39. The third-order valence-electron chi connectivity index (χ3n) is 5.59. The van der Waals surface area contributed by atoms with Gasteiger partial charge in [0.15, 0.2) is 5.82 Å². The Morgan fingerprint density at radius 1 is 1.00 bits per heavy atom. The van der Waals surface area contributed by atoms with E-state index >= 15 is 0 Å². The van der Waals surface area contributed by atoms with Gasteiger partial charge in [-0.05, 0) is 61.3 Å². The minimum Gasteiger partial charge on any atom is -0.347 e. The van der Waals surface area contributed by atoms with E-state index in [0.29, 0.717) is 39.3 Å². The smallest absolute Gasteiger partial charge is 0.270 e. The SMILES string of the molecule is Cc1cc(Nc2cc(C#N)sn2)nc(-c2ccc(C(=O)NCc3ccc(-c4ccc(F)nc4C)nc3)nc2)n1. The van der Waals surface area contributed by atoms with Crippen LogP contribution in [-0.2, 0) is 6.54 Å². The summed E-state index contributed by atoms with van der Waals surface area (Å²) < 4.78 is 17.5. The van der Waals surface area contributed by atoms with Crippen LogP contribution in [0.2, 0.25) is 0 Å². The van der Waals surface area contributed by atoms with Crippen LogP contribution in [0, 0.1) is 31.1 Å². The Morgan fingerprint density at radius 3 is 2.56 bits per heavy atom. The van der Waals surface area contributed by atoms with Crippen molar-refractivity contribution >= 4 is 29.1 Å². The number of nitrogens with zero attached hydrogens (tertiary/aromatic N) is 7. The van der Waals surface area contributed by atoms with Gasteiger partial charge in [-0.2, -0.15) is 14.0 Å². The van der Waals surface area contributed by atoms with E-state index in [-0.39, 0.29) is 18.1 Å². The van der Waals surface area contributed by atoms with E-state index in [0.717, 1.165) is 28.4 Å². The van der Waals surface area contributed by atoms with Crippen LogP contribution < -0.4 is 10.6 Å². The first-order valence-electron chi connectivity index (χ1n) is 11.7. The molecule has 0 aliphatic carbocycles. The number of hydrogen-bond acceptors (Lipinski definition) is 10. The highest BCUT2D eigenvalue weighted by Gasteiger charge is 2.12. The van der Waals surface area contributed by atoms with Crippen LogP contribution in [0.5, 0.6) is 0 Å². The lowest BCUT2D eigenvalue weighted by molar-refractivity contribution is 0.0946. The summed E-state index contributed by atoms with van der Waals surface area (Å²) in [6.45, 7) is 3.82. The summed E-state index contributed by atoms with van der Waals surface area (Å²) in [5.41, 5.74) is 4.37. The van der Waals surface area contributed by atoms with Gasteiger partial charge in [0.05, 0.1) is 5.69 Å². The maximum absolute atomic E-state index is 13.3. The molecule has 12 heteroatoms. The topological polar surface area (TPSA) is 142 Å². The number of rotatable bonds is 7. The number of aromatic nitrogens is 6. The summed E-state index contributed by atoms with van der Waals surface area (Å²) >= 11 is 1.10. The lowest BCUT2D eigenvalue weighted by Crippen LogP contribution is -2.23. The minimum absolute atomic E-state index is 0.244. The molecule has 10 nitrogen and oxygen atoms in total. The van der Waals surface area contributed by atoms with Crippen LogP contribution in [0.3, 0.4) is 0 Å². The molecular formula is C27H20FN9OS. The number of aryl methyl sites for hydroxylation is 2. The van der Waals surface area contributed by atoms with E-state index in [4.69, 9.17) is 5.26 Å². The average molecular weight is 538 g/mol. The second kappa shape index (κ2) is 11.1. The van der Waals surface area contributed by atoms with E-state index in [2.05, 4.69) is 46.0 Å². The Kier molecular flexibility index (Phi) is 7.24. The first-order valence-corrected chi connectivity index (χ1v) is 12.5. The summed E-state index contributed by atoms with van der Waals surface area (Å²) in [5.74, 6) is 0.615. The summed E-state index contributed by atoms with van der Waals surface area (Å²) in [5, 5.41) is 14.9. The molecule has 1 amide bonds. The van der Waals surface area contributed by atoms with Gasteiger partial charge in [-0.3, -0.25) is 14.8 Å². The molecule has 5 aromatic heterocycles. The monoisotopic (exact) mass is 537 g/mol. The highest BCUT2D eigenvalue weighted by Crippen LogP contribution is 2.22. The second-order valence-electron chi connectivity index (χ2n) is 8.46. The molecule has 5 rings (SSSR count). The number of amides is 1. The molecule has 0 spiro atoms. The van der Waals surface area contributed by atoms with Crippen molar-refractivity contribution < 1.29 is 9.18 Å². The minimum atomic E-state index is -0.534. The Morgan fingerprint density at radius 2 is 1.87 bits per heavy atom. The second-order valence-corrected chi connectivity index (χ2v) is 9.27. The van der Waals surface area contributed by atoms with Gasteiger partial charge in [-0.25, -0.2) is 15.0 Å². The van der Waals surface area contributed by atoms with E-state index in [1.54, 1.807) is 55.7 Å². The molecule has 0 saturated heterocycles. The third-order valence-corrected chi connectivity index (χ3v) is 6.28. The molecule has 0 radical (unpaired) electrons. The number of pyridine rings is 3. The van der Waals surface area contributed by atoms with E-state index in [9.17, 15) is 9.18 Å². The number of hydrogen-bond donors (Lipinski definition) is 2. The standard InChI is InChI=1S/C27H20FN9OS/c1-15-9-24(35-25-10-19(11-29)39-37-25)36-26(33-15)18-4-7-22(31-14-18)27(38)32-13-17-3-6-21(30-12-17)20-5-8-23(28)34-16(20)2/h3-10,12,14H,13H2,1-2H3,(H,32,38)(H,33,35,36,37). The predicted molar refractivity (Wildman–Crippen MR) is 143 cm³/mol. The molecule has 0 fully saturated rings. The number of anilines is 2. The van der Waals surface area contributed by atoms with E-state index in [1.807, 2.05) is 13.0 Å². The van der Waals surface area contributed by atoms with Gasteiger partial charge in [-0.15, -0.1) is 0 Å². The van der Waals surface area contributed by atoms with Crippen LogP contribution in [-0.4, -0.2) is 35.2 Å². The summed E-state index contributed by atoms with van der Waals surface area (Å²) in [6.07, 6.45) is 3.20. The molecule has 0 aliphatic heterocycles. The molecule has 0 bridgehead atoms. The Hall–Kier alpha value is -5.15. The Labute approximate surface area is 226 Å². The van der Waals surface area contributed by atoms with Crippen molar-refractivity contribution in [1.82, 2.24) is 34.6 Å². The Bertz CT molecular complexity index is 1700. The summed E-state index contributed by atoms with van der Waals surface area (Å²) in [7, 11) is 0. The maximum Gasteiger partial charge on any atom is 0.270 e. The molecule has 5 aromatic rings. The lowest BCUT2D eigenvalue weighted by Gasteiger charge is -2.08. The van der Waals surface area contributed by atoms with Crippen molar-refractivity contribution in [2.24, 2.45) is 0 Å². The van der Waals surface area contributed by atoms with Crippen LogP contribution in [0.15, 0.2) is 60.9 Å². The number of halogens is 1. The highest BCUT2D eigenvalue weighted by atomic mass is 32.1. The van der Waals surface area contributed by atoms with Gasteiger partial charge in [0.2, 0.25) is 5.95 Å². The van der Waals surface area contributed by atoms with Gasteiger partial charge < -0.3 is 10.6 Å². The molecule has 0 aliphatic rings. The van der Waals surface area contributed by atoms with Gasteiger partial charge in [0, 0.05) is 53.6 Å². The van der Waals surface area contributed by atoms with Gasteiger partial charge >= 0.3 is 0 Å². The van der Waals surface area contributed by atoms with Crippen molar-refractivity contribution in [3.05, 3.63) is 94.4 Å². The van der Waals surface area contributed by atoms with Crippen LogP contribution in [0.1, 0.15) is 32.3 Å². The van der Waals surface area contributed by atoms with Crippen LogP contribution in [0.4, 0.5) is 16.0 Å². The highest BCUT2D eigenvalue weighted by molar-refractivity contribution is 7.06. The largest absolute Gasteiger partial charge is 0.347 e. The lowest BCUT2D eigenvalue weighted by atomic mass is 10.1. The zero-order chi connectivity index (χ0) is 27.4. The summed E-state index contributed by atoms with van der Waals surface area (Å²) in [6, 6.07) is 15.4. The van der Waals surface area contributed by atoms with Crippen LogP contribution in [0.25, 0.3) is 22.6 Å². The fourth-order valence-electron chi connectivity index (χ4n) is 3.70. The van der Waals surface area contributed by atoms with Gasteiger partial charge in [0.25, 0.3) is 5.91 Å². The van der Waals surface area contributed by atoms with Crippen molar-refractivity contribution in [3.8, 4) is 28.7 Å². The van der Waals surface area contributed by atoms with Gasteiger partial charge in [0.1, 0.15) is 28.3 Å². The quantitative estimate of drug-likeness (QED) is 0.281. The number of carbonyl (C=O) groups excluding carboxylic acids is 1. The van der Waals surface area contributed by atoms with Crippen molar-refractivity contribution in [1.29, 1.82) is 5.26 Å². The molecule has 5 heterocycles. The van der Waals surface area contributed by atoms with Crippen molar-refractivity contribution in [2.45, 2.75) is 20.4 Å². The Balaban J connectivity index is 1.22. The first kappa shape index (κ1) is 25.5. The maximum atomic E-state index is 13.3. The van der Waals surface area contributed by atoms with Crippen molar-refractivity contribution in [3.63, 3.8) is 0 Å².